The number of rotatable bonds is 8. The predicted octanol–water partition coefficient (Wildman–Crippen LogP) is 3.85. The van der Waals surface area contributed by atoms with Gasteiger partial charge in [0.15, 0.2) is 0 Å². The second kappa shape index (κ2) is 8.99. The number of carbonyl (C=O) groups excluding carboxylic acids is 1. The summed E-state index contributed by atoms with van der Waals surface area (Å²) in [5.41, 5.74) is 4.94. The van der Waals surface area contributed by atoms with Gasteiger partial charge in [0, 0.05) is 25.2 Å². The maximum Gasteiger partial charge on any atom is 0.221 e. The van der Waals surface area contributed by atoms with Gasteiger partial charge in [0.1, 0.15) is 0 Å². The van der Waals surface area contributed by atoms with Gasteiger partial charge >= 0.3 is 0 Å². The van der Waals surface area contributed by atoms with Crippen molar-refractivity contribution in [1.29, 1.82) is 0 Å². The summed E-state index contributed by atoms with van der Waals surface area (Å²) in [7, 11) is 0. The highest BCUT2D eigenvalue weighted by molar-refractivity contribution is 5.76. The predicted molar refractivity (Wildman–Crippen MR) is 96.8 cm³/mol. The van der Waals surface area contributed by atoms with E-state index in [4.69, 9.17) is 0 Å². The van der Waals surface area contributed by atoms with Crippen molar-refractivity contribution in [2.45, 2.75) is 33.1 Å². The molecule has 2 rings (SSSR count). The fourth-order valence-electron chi connectivity index (χ4n) is 2.51. The third kappa shape index (κ3) is 5.78. The third-order valence-corrected chi connectivity index (χ3v) is 4.08. The van der Waals surface area contributed by atoms with Crippen molar-refractivity contribution in [2.75, 3.05) is 18.4 Å². The fraction of sp³-hybridized carbons (Fsp3) is 0.350. The summed E-state index contributed by atoms with van der Waals surface area (Å²) >= 11 is 0. The second-order valence-corrected chi connectivity index (χ2v) is 5.86. The van der Waals surface area contributed by atoms with Crippen LogP contribution in [-0.4, -0.2) is 19.0 Å². The highest BCUT2D eigenvalue weighted by Crippen LogP contribution is 2.17. The van der Waals surface area contributed by atoms with Crippen LogP contribution < -0.4 is 10.6 Å². The van der Waals surface area contributed by atoms with E-state index in [2.05, 4.69) is 48.7 Å². The smallest absolute Gasteiger partial charge is 0.221 e. The third-order valence-electron chi connectivity index (χ3n) is 4.08. The molecular weight excluding hydrogens is 284 g/mol. The summed E-state index contributed by atoms with van der Waals surface area (Å²) in [6.07, 6.45) is 2.47. The zero-order valence-electron chi connectivity index (χ0n) is 14.1. The van der Waals surface area contributed by atoms with Crippen LogP contribution in [0.15, 0.2) is 48.5 Å². The Balaban J connectivity index is 1.61. The number of benzene rings is 2. The summed E-state index contributed by atoms with van der Waals surface area (Å²) in [6.45, 7) is 5.59. The standard InChI is InChI=1S/C20H26N2O/c1-16-8-6-12-19(17(16)2)21-15-13-20(23)22-14-7-11-18-9-4-3-5-10-18/h3-6,8-10,12,21H,7,11,13-15H2,1-2H3,(H,22,23). The minimum absolute atomic E-state index is 0.107. The van der Waals surface area contributed by atoms with Crippen molar-refractivity contribution in [2.24, 2.45) is 0 Å². The Morgan fingerprint density at radius 3 is 2.52 bits per heavy atom. The molecule has 0 spiro atoms. The number of nitrogens with one attached hydrogen (secondary N) is 2. The van der Waals surface area contributed by atoms with Gasteiger partial charge in [-0.2, -0.15) is 0 Å². The molecule has 0 aliphatic carbocycles. The molecule has 0 aliphatic rings. The van der Waals surface area contributed by atoms with Crippen molar-refractivity contribution in [3.8, 4) is 0 Å². The van der Waals surface area contributed by atoms with Gasteiger partial charge in [-0.05, 0) is 49.4 Å². The van der Waals surface area contributed by atoms with E-state index >= 15 is 0 Å². The van der Waals surface area contributed by atoms with Crippen LogP contribution in [0, 0.1) is 13.8 Å². The maximum atomic E-state index is 11.8. The van der Waals surface area contributed by atoms with Crippen molar-refractivity contribution in [3.05, 3.63) is 65.2 Å². The van der Waals surface area contributed by atoms with Crippen LogP contribution in [-0.2, 0) is 11.2 Å². The lowest BCUT2D eigenvalue weighted by Crippen LogP contribution is -2.26. The second-order valence-electron chi connectivity index (χ2n) is 5.86. The van der Waals surface area contributed by atoms with Crippen LogP contribution in [0.1, 0.15) is 29.5 Å². The van der Waals surface area contributed by atoms with Crippen LogP contribution in [0.25, 0.3) is 0 Å². The SMILES string of the molecule is Cc1cccc(NCCC(=O)NCCCc2ccccc2)c1C. The summed E-state index contributed by atoms with van der Waals surface area (Å²) in [6, 6.07) is 16.5. The van der Waals surface area contributed by atoms with Crippen LogP contribution >= 0.6 is 0 Å². The summed E-state index contributed by atoms with van der Waals surface area (Å²) < 4.78 is 0. The molecule has 2 N–H and O–H groups in total. The molecule has 0 aliphatic heterocycles. The van der Waals surface area contributed by atoms with E-state index in [0.29, 0.717) is 13.0 Å². The quantitative estimate of drug-likeness (QED) is 0.727. The first kappa shape index (κ1) is 17.1. The van der Waals surface area contributed by atoms with Crippen LogP contribution in [0.3, 0.4) is 0 Å². The minimum Gasteiger partial charge on any atom is -0.384 e. The molecule has 0 aromatic heterocycles. The van der Waals surface area contributed by atoms with E-state index in [9.17, 15) is 4.79 Å². The van der Waals surface area contributed by atoms with E-state index in [0.717, 1.165) is 25.1 Å². The van der Waals surface area contributed by atoms with E-state index in [1.807, 2.05) is 24.3 Å². The summed E-state index contributed by atoms with van der Waals surface area (Å²) in [5.74, 6) is 0.107. The van der Waals surface area contributed by atoms with Gasteiger partial charge in [0.2, 0.25) is 5.91 Å². The highest BCUT2D eigenvalue weighted by atomic mass is 16.1. The maximum absolute atomic E-state index is 11.8. The number of carbonyl (C=O) groups is 1. The molecule has 0 fully saturated rings. The zero-order valence-corrected chi connectivity index (χ0v) is 14.1. The first-order valence-electron chi connectivity index (χ1n) is 8.27. The number of aryl methyl sites for hydroxylation is 2. The highest BCUT2D eigenvalue weighted by Gasteiger charge is 2.03. The lowest BCUT2D eigenvalue weighted by atomic mass is 10.1. The summed E-state index contributed by atoms with van der Waals surface area (Å²) in [5, 5.41) is 6.33. The van der Waals surface area contributed by atoms with Gasteiger partial charge in [-0.15, -0.1) is 0 Å². The van der Waals surface area contributed by atoms with Gasteiger partial charge < -0.3 is 10.6 Å². The molecule has 122 valence electrons. The number of amides is 1. The van der Waals surface area contributed by atoms with Crippen LogP contribution in [0.4, 0.5) is 5.69 Å². The van der Waals surface area contributed by atoms with Gasteiger partial charge in [-0.25, -0.2) is 0 Å². The number of hydrogen-bond donors (Lipinski definition) is 2. The van der Waals surface area contributed by atoms with Gasteiger partial charge in [0.25, 0.3) is 0 Å². The Labute approximate surface area is 139 Å². The van der Waals surface area contributed by atoms with E-state index < -0.39 is 0 Å². The Bertz CT molecular complexity index is 623. The molecule has 0 heterocycles. The molecule has 0 radical (unpaired) electrons. The molecule has 1 amide bonds. The molecule has 0 atom stereocenters. The van der Waals surface area contributed by atoms with Gasteiger partial charge in [0.05, 0.1) is 0 Å². The van der Waals surface area contributed by atoms with Crippen LogP contribution in [0.5, 0.6) is 0 Å². The molecule has 0 saturated heterocycles. The topological polar surface area (TPSA) is 41.1 Å². The Hall–Kier alpha value is -2.29. The molecule has 3 heteroatoms. The lowest BCUT2D eigenvalue weighted by Gasteiger charge is -2.11. The average molecular weight is 310 g/mol. The largest absolute Gasteiger partial charge is 0.384 e. The molecule has 2 aromatic rings. The number of hydrogen-bond acceptors (Lipinski definition) is 2. The first-order valence-corrected chi connectivity index (χ1v) is 8.27. The minimum atomic E-state index is 0.107. The van der Waals surface area contributed by atoms with Crippen molar-refractivity contribution in [1.82, 2.24) is 5.32 Å². The summed E-state index contributed by atoms with van der Waals surface area (Å²) in [4.78, 5) is 11.8. The van der Waals surface area contributed by atoms with E-state index in [1.54, 1.807) is 0 Å². The molecule has 2 aromatic carbocycles. The molecule has 0 bridgehead atoms. The van der Waals surface area contributed by atoms with E-state index in [-0.39, 0.29) is 5.91 Å². The van der Waals surface area contributed by atoms with E-state index in [1.165, 1.54) is 16.7 Å². The first-order chi connectivity index (χ1) is 11.2. The lowest BCUT2D eigenvalue weighted by molar-refractivity contribution is -0.120. The molecule has 0 saturated carbocycles. The zero-order chi connectivity index (χ0) is 16.5. The number of anilines is 1. The van der Waals surface area contributed by atoms with Gasteiger partial charge in [-0.1, -0.05) is 42.5 Å². The Morgan fingerprint density at radius 1 is 0.957 bits per heavy atom. The van der Waals surface area contributed by atoms with Crippen molar-refractivity contribution < 1.29 is 4.79 Å². The van der Waals surface area contributed by atoms with Gasteiger partial charge in [-0.3, -0.25) is 4.79 Å². The molecule has 0 unspecified atom stereocenters. The Kier molecular flexibility index (Phi) is 6.67. The molecule has 3 nitrogen and oxygen atoms in total. The molecule has 23 heavy (non-hydrogen) atoms. The monoisotopic (exact) mass is 310 g/mol. The normalized spacial score (nSPS) is 10.3. The molecular formula is C20H26N2O. The van der Waals surface area contributed by atoms with Crippen LogP contribution in [0.2, 0.25) is 0 Å². The fourth-order valence-corrected chi connectivity index (χ4v) is 2.51. The average Bonchev–Trinajstić information content (AvgIpc) is 2.56. The van der Waals surface area contributed by atoms with Crippen molar-refractivity contribution in [3.63, 3.8) is 0 Å². The van der Waals surface area contributed by atoms with Crippen molar-refractivity contribution >= 4 is 11.6 Å². The Morgan fingerprint density at radius 2 is 1.74 bits per heavy atom.